The lowest BCUT2D eigenvalue weighted by atomic mass is 9.95. The number of benzene rings is 2. The summed E-state index contributed by atoms with van der Waals surface area (Å²) in [6, 6.07) is 10.1. The Morgan fingerprint density at radius 1 is 0.938 bits per heavy atom. The Bertz CT molecular complexity index is 1070. The van der Waals surface area contributed by atoms with Gasteiger partial charge in [-0.25, -0.2) is 0 Å². The van der Waals surface area contributed by atoms with Crippen molar-refractivity contribution >= 4 is 11.6 Å². The van der Waals surface area contributed by atoms with Crippen molar-refractivity contribution in [3.05, 3.63) is 42.0 Å². The molecule has 0 spiro atoms. The summed E-state index contributed by atoms with van der Waals surface area (Å²) in [6.07, 6.45) is -1.03. The van der Waals surface area contributed by atoms with Gasteiger partial charge in [0.05, 0.1) is 6.10 Å². The molecule has 3 heterocycles. The fourth-order valence-corrected chi connectivity index (χ4v) is 4.49. The van der Waals surface area contributed by atoms with Gasteiger partial charge >= 0.3 is 6.29 Å². The van der Waals surface area contributed by atoms with E-state index >= 15 is 0 Å². The minimum absolute atomic E-state index is 0.00645. The van der Waals surface area contributed by atoms with Crippen LogP contribution in [0.15, 0.2) is 36.4 Å². The SMILES string of the molecule is O=C(C1CC1)N(c1ccc2c(c1)OC(F)(F)O2)[C@@H]1CCO[C@H](c2ccc3c(c2)OCO3)C1. The van der Waals surface area contributed by atoms with Crippen LogP contribution in [0.1, 0.15) is 37.4 Å². The molecule has 9 heteroatoms. The average molecular weight is 445 g/mol. The van der Waals surface area contributed by atoms with Gasteiger partial charge in [-0.3, -0.25) is 4.79 Å². The van der Waals surface area contributed by atoms with Crippen LogP contribution in [0.4, 0.5) is 14.5 Å². The lowest BCUT2D eigenvalue weighted by Gasteiger charge is -2.38. The van der Waals surface area contributed by atoms with Crippen molar-refractivity contribution in [2.75, 3.05) is 18.3 Å². The summed E-state index contributed by atoms with van der Waals surface area (Å²) in [6.45, 7) is 0.667. The summed E-state index contributed by atoms with van der Waals surface area (Å²) >= 11 is 0. The Balaban J connectivity index is 1.29. The highest BCUT2D eigenvalue weighted by Gasteiger charge is 2.45. The fraction of sp³-hybridized carbons (Fsp3) is 0.435. The number of anilines is 1. The highest BCUT2D eigenvalue weighted by atomic mass is 19.3. The molecule has 4 aliphatic rings. The summed E-state index contributed by atoms with van der Waals surface area (Å²) < 4.78 is 53.0. The van der Waals surface area contributed by atoms with Gasteiger partial charge in [0, 0.05) is 30.3 Å². The second-order valence-corrected chi connectivity index (χ2v) is 8.43. The summed E-state index contributed by atoms with van der Waals surface area (Å²) in [5.41, 5.74) is 1.47. The van der Waals surface area contributed by atoms with Crippen LogP contribution in [0.25, 0.3) is 0 Å². The number of ether oxygens (including phenoxy) is 5. The number of carbonyl (C=O) groups is 1. The lowest BCUT2D eigenvalue weighted by Crippen LogP contribution is -2.45. The normalized spacial score (nSPS) is 24.9. The van der Waals surface area contributed by atoms with E-state index in [9.17, 15) is 13.6 Å². The first kappa shape index (κ1) is 19.6. The van der Waals surface area contributed by atoms with Crippen LogP contribution in [0.5, 0.6) is 23.0 Å². The first-order chi connectivity index (χ1) is 15.5. The zero-order valence-electron chi connectivity index (χ0n) is 17.1. The third-order valence-corrected chi connectivity index (χ3v) is 6.22. The van der Waals surface area contributed by atoms with Crippen molar-refractivity contribution in [1.82, 2.24) is 0 Å². The summed E-state index contributed by atoms with van der Waals surface area (Å²) in [5, 5.41) is 0. The van der Waals surface area contributed by atoms with Crippen LogP contribution >= 0.6 is 0 Å². The highest BCUT2D eigenvalue weighted by Crippen LogP contribution is 2.45. The topological polar surface area (TPSA) is 66.5 Å². The first-order valence-corrected chi connectivity index (χ1v) is 10.7. The molecule has 1 saturated heterocycles. The molecule has 2 fully saturated rings. The molecule has 0 N–H and O–H groups in total. The van der Waals surface area contributed by atoms with E-state index in [0.29, 0.717) is 36.6 Å². The van der Waals surface area contributed by atoms with E-state index < -0.39 is 6.29 Å². The van der Waals surface area contributed by atoms with Crippen molar-refractivity contribution in [3.63, 3.8) is 0 Å². The highest BCUT2D eigenvalue weighted by molar-refractivity contribution is 5.97. The van der Waals surface area contributed by atoms with Crippen LogP contribution in [0.3, 0.4) is 0 Å². The third kappa shape index (κ3) is 3.50. The van der Waals surface area contributed by atoms with Crippen molar-refractivity contribution in [3.8, 4) is 23.0 Å². The summed E-state index contributed by atoms with van der Waals surface area (Å²) in [7, 11) is 0. The molecule has 1 saturated carbocycles. The van der Waals surface area contributed by atoms with Gasteiger partial charge in [0.2, 0.25) is 12.7 Å². The van der Waals surface area contributed by atoms with E-state index in [-0.39, 0.29) is 42.3 Å². The van der Waals surface area contributed by atoms with E-state index in [4.69, 9.17) is 14.2 Å². The second kappa shape index (κ2) is 7.23. The molecule has 2 atom stereocenters. The Labute approximate surface area is 182 Å². The van der Waals surface area contributed by atoms with Crippen molar-refractivity contribution in [2.24, 2.45) is 5.92 Å². The van der Waals surface area contributed by atoms with Gasteiger partial charge in [-0.2, -0.15) is 0 Å². The number of amides is 1. The van der Waals surface area contributed by atoms with Gasteiger partial charge in [-0.05, 0) is 55.5 Å². The largest absolute Gasteiger partial charge is 0.586 e. The zero-order valence-corrected chi connectivity index (χ0v) is 17.1. The predicted molar refractivity (Wildman–Crippen MR) is 107 cm³/mol. The molecule has 0 radical (unpaired) electrons. The first-order valence-electron chi connectivity index (χ1n) is 10.7. The van der Waals surface area contributed by atoms with Crippen LogP contribution in [-0.4, -0.2) is 31.6 Å². The number of hydrogen-bond donors (Lipinski definition) is 0. The van der Waals surface area contributed by atoms with E-state index in [1.807, 2.05) is 18.2 Å². The van der Waals surface area contributed by atoms with Crippen LogP contribution in [0.2, 0.25) is 0 Å². The van der Waals surface area contributed by atoms with Gasteiger partial charge in [-0.1, -0.05) is 6.07 Å². The molecule has 7 nitrogen and oxygen atoms in total. The maximum atomic E-state index is 13.5. The molecule has 1 amide bonds. The number of hydrogen-bond acceptors (Lipinski definition) is 6. The van der Waals surface area contributed by atoms with E-state index in [1.165, 1.54) is 12.1 Å². The Morgan fingerprint density at radius 2 is 1.72 bits per heavy atom. The molecule has 168 valence electrons. The number of rotatable bonds is 4. The molecule has 6 rings (SSSR count). The summed E-state index contributed by atoms with van der Waals surface area (Å²) in [4.78, 5) is 15.0. The molecule has 2 aromatic rings. The quantitative estimate of drug-likeness (QED) is 0.695. The van der Waals surface area contributed by atoms with Gasteiger partial charge in [-0.15, -0.1) is 8.78 Å². The van der Waals surface area contributed by atoms with Gasteiger partial charge < -0.3 is 28.6 Å². The zero-order chi connectivity index (χ0) is 21.9. The number of fused-ring (bicyclic) bond motifs is 2. The predicted octanol–water partition coefficient (Wildman–Crippen LogP) is 4.40. The molecule has 0 aromatic heterocycles. The Hall–Kier alpha value is -3.07. The molecule has 2 aromatic carbocycles. The van der Waals surface area contributed by atoms with Gasteiger partial charge in [0.25, 0.3) is 0 Å². The fourth-order valence-electron chi connectivity index (χ4n) is 4.49. The number of nitrogens with zero attached hydrogens (tertiary/aromatic N) is 1. The van der Waals surface area contributed by atoms with E-state index in [0.717, 1.165) is 18.4 Å². The van der Waals surface area contributed by atoms with E-state index in [2.05, 4.69) is 9.47 Å². The Kier molecular flexibility index (Phi) is 4.43. The number of halogens is 2. The molecular weight excluding hydrogens is 424 g/mol. The second-order valence-electron chi connectivity index (χ2n) is 8.43. The summed E-state index contributed by atoms with van der Waals surface area (Å²) in [5.74, 6) is 1.24. The lowest BCUT2D eigenvalue weighted by molar-refractivity contribution is -0.286. The Morgan fingerprint density at radius 3 is 2.56 bits per heavy atom. The molecular formula is C23H21F2NO6. The van der Waals surface area contributed by atoms with Crippen molar-refractivity contribution < 1.29 is 37.3 Å². The van der Waals surface area contributed by atoms with Crippen LogP contribution < -0.4 is 23.8 Å². The van der Waals surface area contributed by atoms with Crippen molar-refractivity contribution in [2.45, 2.75) is 44.1 Å². The molecule has 32 heavy (non-hydrogen) atoms. The standard InChI is InChI=1S/C23H21F2NO6/c24-23(25)31-18-6-4-15(11-21(18)32-23)26(22(27)13-1-2-13)16-7-8-28-19(10-16)14-3-5-17-20(9-14)30-12-29-17/h3-6,9,11,13,16,19H,1-2,7-8,10,12H2/t16-,19+/m1/s1. The molecule has 0 unspecified atom stereocenters. The smallest absolute Gasteiger partial charge is 0.454 e. The van der Waals surface area contributed by atoms with Gasteiger partial charge in [0.15, 0.2) is 23.0 Å². The maximum Gasteiger partial charge on any atom is 0.586 e. The van der Waals surface area contributed by atoms with Gasteiger partial charge in [0.1, 0.15) is 0 Å². The number of alkyl halides is 2. The number of carbonyl (C=O) groups excluding carboxylic acids is 1. The minimum Gasteiger partial charge on any atom is -0.454 e. The van der Waals surface area contributed by atoms with Crippen LogP contribution in [-0.2, 0) is 9.53 Å². The minimum atomic E-state index is -3.70. The van der Waals surface area contributed by atoms with E-state index in [1.54, 1.807) is 11.0 Å². The monoisotopic (exact) mass is 445 g/mol. The van der Waals surface area contributed by atoms with Crippen molar-refractivity contribution in [1.29, 1.82) is 0 Å². The molecule has 0 bridgehead atoms. The maximum absolute atomic E-state index is 13.5. The van der Waals surface area contributed by atoms with Crippen LogP contribution in [0, 0.1) is 5.92 Å². The molecule has 3 aliphatic heterocycles. The average Bonchev–Trinajstić information content (AvgIpc) is 3.44. The third-order valence-electron chi connectivity index (χ3n) is 6.22. The molecule has 1 aliphatic carbocycles.